The van der Waals surface area contributed by atoms with E-state index < -0.39 is 23.5 Å². The maximum atomic E-state index is 15.8. The van der Waals surface area contributed by atoms with E-state index in [2.05, 4.69) is 31.9 Å². The number of benzene rings is 2. The molecule has 0 bridgehead atoms. The lowest BCUT2D eigenvalue weighted by molar-refractivity contribution is -0.134. The molecule has 40 heavy (non-hydrogen) atoms. The number of hydrogen-bond donors (Lipinski definition) is 5. The number of nitrogens with zero attached hydrogens (tertiary/aromatic N) is 4. The van der Waals surface area contributed by atoms with Crippen molar-refractivity contribution < 1.29 is 23.8 Å². The molecule has 0 saturated heterocycles. The van der Waals surface area contributed by atoms with Gasteiger partial charge in [0.2, 0.25) is 0 Å². The van der Waals surface area contributed by atoms with Gasteiger partial charge in [0.15, 0.2) is 23.1 Å². The zero-order valence-electron chi connectivity index (χ0n) is 21.6. The second kappa shape index (κ2) is 13.3. The highest BCUT2D eigenvalue weighted by molar-refractivity contribution is 5.95. The molecule has 2 aromatic carbocycles. The van der Waals surface area contributed by atoms with E-state index in [9.17, 15) is 4.79 Å². The minimum Gasteiger partial charge on any atom is -0.493 e. The van der Waals surface area contributed by atoms with Crippen LogP contribution in [-0.2, 0) is 4.79 Å². The average Bonchev–Trinajstić information content (AvgIpc) is 3.32. The highest BCUT2D eigenvalue weighted by Gasteiger charge is 2.27. The van der Waals surface area contributed by atoms with Crippen molar-refractivity contribution in [3.05, 3.63) is 101 Å². The number of methoxy groups -OCH3 is 1. The van der Waals surface area contributed by atoms with Crippen LogP contribution in [-0.4, -0.2) is 55.4 Å². The topological polar surface area (TPSA) is 194 Å². The summed E-state index contributed by atoms with van der Waals surface area (Å²) in [6, 6.07) is 10.3. The second-order valence-corrected chi connectivity index (χ2v) is 7.96. The van der Waals surface area contributed by atoms with Crippen molar-refractivity contribution in [2.24, 2.45) is 5.73 Å². The highest BCUT2D eigenvalue weighted by atomic mass is 19.1. The molecule has 0 fully saturated rings. The molecule has 0 aliphatic carbocycles. The van der Waals surface area contributed by atoms with Crippen molar-refractivity contribution in [3.63, 3.8) is 0 Å². The molecule has 14 heteroatoms. The summed E-state index contributed by atoms with van der Waals surface area (Å²) in [5, 5.41) is 22.5. The van der Waals surface area contributed by atoms with Gasteiger partial charge >= 0.3 is 5.69 Å². The van der Waals surface area contributed by atoms with Crippen LogP contribution in [0.5, 0.6) is 11.5 Å². The van der Waals surface area contributed by atoms with E-state index in [0.717, 1.165) is 11.6 Å². The van der Waals surface area contributed by atoms with E-state index in [1.54, 1.807) is 36.4 Å². The highest BCUT2D eigenvalue weighted by Crippen LogP contribution is 2.37. The maximum Gasteiger partial charge on any atom is 0.350 e. The van der Waals surface area contributed by atoms with Crippen molar-refractivity contribution in [2.75, 3.05) is 19.0 Å². The Hall–Kier alpha value is -5.53. The zero-order valence-corrected chi connectivity index (χ0v) is 21.6. The quantitative estimate of drug-likeness (QED) is 0.111. The molecule has 0 aliphatic heterocycles. The molecule has 4 aromatic rings. The number of nitrogens with two attached hydrogens (primary N) is 1. The van der Waals surface area contributed by atoms with Crippen molar-refractivity contribution in [3.8, 4) is 17.4 Å². The molecule has 0 saturated carbocycles. The number of halogens is 1. The lowest BCUT2D eigenvalue weighted by Crippen LogP contribution is -2.18. The lowest BCUT2D eigenvalue weighted by atomic mass is 10.0. The van der Waals surface area contributed by atoms with E-state index in [0.29, 0.717) is 11.3 Å². The van der Waals surface area contributed by atoms with Crippen LogP contribution in [0.15, 0.2) is 72.3 Å². The summed E-state index contributed by atoms with van der Waals surface area (Å²) in [5.74, 6) is -1.39. The van der Waals surface area contributed by atoms with Crippen molar-refractivity contribution in [2.45, 2.75) is 13.0 Å². The Balaban J connectivity index is 0.00000103. The van der Waals surface area contributed by atoms with Gasteiger partial charge < -0.3 is 25.6 Å². The molecule has 2 aromatic heterocycles. The Kier molecular flexibility index (Phi) is 9.67. The third-order valence-corrected chi connectivity index (χ3v) is 5.12. The Morgan fingerprint density at radius 2 is 1.93 bits per heavy atom. The summed E-state index contributed by atoms with van der Waals surface area (Å²) in [6.07, 6.45) is 4.43. The number of nitrogen functional groups attached to an aromatic ring is 1. The zero-order chi connectivity index (χ0) is 29.2. The average molecular weight is 551 g/mol. The third kappa shape index (κ3) is 7.06. The van der Waals surface area contributed by atoms with Crippen LogP contribution in [0.4, 0.5) is 10.1 Å². The summed E-state index contributed by atoms with van der Waals surface area (Å²) in [6.45, 7) is 4.73. The molecular weight excluding hydrogens is 523 g/mol. The Morgan fingerprint density at radius 3 is 2.50 bits per heavy atom. The van der Waals surface area contributed by atoms with E-state index in [-0.39, 0.29) is 41.3 Å². The molecule has 6 N–H and O–H groups in total. The van der Waals surface area contributed by atoms with Gasteiger partial charge in [-0.3, -0.25) is 15.2 Å². The van der Waals surface area contributed by atoms with Gasteiger partial charge in [-0.25, -0.2) is 19.2 Å². The fourth-order valence-corrected chi connectivity index (χ4v) is 3.43. The van der Waals surface area contributed by atoms with E-state index in [1.807, 2.05) is 0 Å². The molecule has 0 unspecified atom stereocenters. The van der Waals surface area contributed by atoms with E-state index >= 15 is 4.39 Å². The number of anilines is 1. The summed E-state index contributed by atoms with van der Waals surface area (Å²) >= 11 is 0. The van der Waals surface area contributed by atoms with Gasteiger partial charge in [0.25, 0.3) is 11.9 Å². The smallest absolute Gasteiger partial charge is 0.350 e. The number of carboxylic acid groups (broad SMARTS) is 1. The number of aromatic amines is 1. The number of H-pyrrole nitrogens is 1. The number of hydrogen-bond acceptors (Lipinski definition) is 9. The lowest BCUT2D eigenvalue weighted by Gasteiger charge is -2.21. The number of amidine groups is 1. The molecule has 1 atom stereocenters. The van der Waals surface area contributed by atoms with Gasteiger partial charge in [-0.1, -0.05) is 12.7 Å². The molecule has 208 valence electrons. The van der Waals surface area contributed by atoms with Crippen LogP contribution in [0.3, 0.4) is 0 Å². The predicted octanol–water partition coefficient (Wildman–Crippen LogP) is 2.64. The van der Waals surface area contributed by atoms with Crippen LogP contribution in [0.2, 0.25) is 0 Å². The molecule has 0 spiro atoms. The first-order valence-electron chi connectivity index (χ1n) is 11.6. The SMILES string of the molecule is C=CCOc1c(OC)ccc([C@H](Nc2ccc(C(=N)N)cc2)c2nn(-c3ncccn3)c(=O)[nH]2)c1F.CC(=O)O. The number of aliphatic carboxylic acids is 1. The number of ether oxygens (including phenoxy) is 2. The molecular formula is C26H27FN8O5. The van der Waals surface area contributed by atoms with Crippen LogP contribution in [0, 0.1) is 11.2 Å². The molecule has 4 rings (SSSR count). The fraction of sp³-hybridized carbons (Fsp3) is 0.154. The van der Waals surface area contributed by atoms with E-state index in [4.69, 9.17) is 30.5 Å². The number of nitrogens with one attached hydrogen (secondary N) is 3. The number of carboxylic acids is 1. The van der Waals surface area contributed by atoms with Gasteiger partial charge in [-0.2, -0.15) is 0 Å². The van der Waals surface area contributed by atoms with Crippen LogP contribution in [0.1, 0.15) is 29.9 Å². The molecule has 2 heterocycles. The minimum absolute atomic E-state index is 0.0537. The van der Waals surface area contributed by atoms with Gasteiger partial charge in [0.1, 0.15) is 18.5 Å². The van der Waals surface area contributed by atoms with Crippen LogP contribution >= 0.6 is 0 Å². The first kappa shape index (κ1) is 29.0. The normalized spacial score (nSPS) is 11.0. The fourth-order valence-electron chi connectivity index (χ4n) is 3.43. The maximum absolute atomic E-state index is 15.8. The number of carbonyl (C=O) groups is 1. The van der Waals surface area contributed by atoms with Crippen molar-refractivity contribution in [1.82, 2.24) is 24.7 Å². The van der Waals surface area contributed by atoms with Gasteiger partial charge in [0, 0.05) is 36.1 Å². The van der Waals surface area contributed by atoms with Crippen LogP contribution < -0.4 is 26.2 Å². The van der Waals surface area contributed by atoms with Gasteiger partial charge in [0.05, 0.1) is 7.11 Å². The second-order valence-electron chi connectivity index (χ2n) is 7.96. The molecule has 0 radical (unpaired) electrons. The molecule has 0 amide bonds. The summed E-state index contributed by atoms with van der Waals surface area (Å²) in [7, 11) is 1.40. The number of aromatic nitrogens is 5. The first-order chi connectivity index (χ1) is 19.2. The minimum atomic E-state index is -0.970. The standard InChI is InChI=1S/C24H23FN8O3.C2H4O2/c1-3-13-36-20-17(35-2)10-9-16(18(20)25)19(30-15-7-5-14(6-8-15)21(26)27)22-31-24(34)33(32-22)23-28-11-4-12-29-23;1-2(3)4/h3-12,19,30H,1,13H2,2H3,(H3,26,27)(H,31,32,34);1H3,(H,3,4)/t19-;/m0./s1. The van der Waals surface area contributed by atoms with Gasteiger partial charge in [-0.15, -0.1) is 9.78 Å². The van der Waals surface area contributed by atoms with Crippen LogP contribution in [0.25, 0.3) is 5.95 Å². The Bertz CT molecular complexity index is 1530. The largest absolute Gasteiger partial charge is 0.493 e. The summed E-state index contributed by atoms with van der Waals surface area (Å²) in [5.41, 5.74) is 6.14. The predicted molar refractivity (Wildman–Crippen MR) is 145 cm³/mol. The Morgan fingerprint density at radius 1 is 1.27 bits per heavy atom. The van der Waals surface area contributed by atoms with E-state index in [1.165, 1.54) is 31.6 Å². The first-order valence-corrected chi connectivity index (χ1v) is 11.6. The summed E-state index contributed by atoms with van der Waals surface area (Å²) in [4.78, 5) is 32.4. The molecule has 13 nitrogen and oxygen atoms in total. The Labute approximate surface area is 227 Å². The molecule has 0 aliphatic rings. The monoisotopic (exact) mass is 550 g/mol. The van der Waals surface area contributed by atoms with Crippen molar-refractivity contribution in [1.29, 1.82) is 5.41 Å². The third-order valence-electron chi connectivity index (χ3n) is 5.12. The summed E-state index contributed by atoms with van der Waals surface area (Å²) < 4.78 is 27.6. The van der Waals surface area contributed by atoms with Crippen molar-refractivity contribution >= 4 is 17.5 Å². The van der Waals surface area contributed by atoms with Gasteiger partial charge in [-0.05, 0) is 42.5 Å². The number of rotatable bonds is 10.